The van der Waals surface area contributed by atoms with Gasteiger partial charge in [0.2, 0.25) is 0 Å². The Morgan fingerprint density at radius 1 is 1.73 bits per heavy atom. The molecule has 0 aliphatic rings. The van der Waals surface area contributed by atoms with Crippen molar-refractivity contribution in [1.82, 2.24) is 4.98 Å². The second-order valence-electron chi connectivity index (χ2n) is 1.81. The Balaban J connectivity index is 3.26. The van der Waals surface area contributed by atoms with Gasteiger partial charge in [0, 0.05) is 12.4 Å². The van der Waals surface area contributed by atoms with Crippen LogP contribution in [0.15, 0.2) is 18.5 Å². The molecule has 0 unspecified atom stereocenters. The smallest absolute Gasteiger partial charge is 0.253 e. The van der Waals surface area contributed by atoms with Crippen LogP contribution in [0.5, 0.6) is 0 Å². The fraction of sp³-hybridized carbons (Fsp3) is 0. The third-order valence-corrected chi connectivity index (χ3v) is 1.36. The first-order valence-corrected chi connectivity index (χ1v) is 3.17. The highest BCUT2D eigenvalue weighted by Crippen LogP contribution is 2.07. The molecular formula is C7H3ClN2O. The zero-order valence-electron chi connectivity index (χ0n) is 5.41. The molecule has 0 saturated heterocycles. The predicted molar refractivity (Wildman–Crippen MR) is 39.1 cm³/mol. The van der Waals surface area contributed by atoms with Gasteiger partial charge in [-0.25, -0.2) is 0 Å². The Kier molecular flexibility index (Phi) is 2.19. The van der Waals surface area contributed by atoms with E-state index < -0.39 is 5.24 Å². The van der Waals surface area contributed by atoms with Gasteiger partial charge in [-0.2, -0.15) is 5.26 Å². The monoisotopic (exact) mass is 166 g/mol. The number of hydrogen-bond acceptors (Lipinski definition) is 3. The number of hydrogen-bond donors (Lipinski definition) is 0. The molecule has 0 N–H and O–H groups in total. The summed E-state index contributed by atoms with van der Waals surface area (Å²) in [5, 5.41) is 7.83. The minimum absolute atomic E-state index is 0.198. The topological polar surface area (TPSA) is 53.8 Å². The zero-order valence-corrected chi connectivity index (χ0v) is 6.17. The van der Waals surface area contributed by atoms with Crippen LogP contribution in [0, 0.1) is 11.3 Å². The van der Waals surface area contributed by atoms with E-state index in [1.165, 1.54) is 18.5 Å². The van der Waals surface area contributed by atoms with Crippen LogP contribution < -0.4 is 0 Å². The van der Waals surface area contributed by atoms with Gasteiger partial charge in [0.25, 0.3) is 5.24 Å². The Morgan fingerprint density at radius 3 is 2.91 bits per heavy atom. The van der Waals surface area contributed by atoms with Crippen molar-refractivity contribution in [3.63, 3.8) is 0 Å². The first-order chi connectivity index (χ1) is 5.25. The lowest BCUT2D eigenvalue weighted by Gasteiger charge is -1.93. The average molecular weight is 167 g/mol. The fourth-order valence-electron chi connectivity index (χ4n) is 0.655. The van der Waals surface area contributed by atoms with E-state index >= 15 is 0 Å². The lowest BCUT2D eigenvalue weighted by Crippen LogP contribution is -1.93. The maximum atomic E-state index is 10.6. The van der Waals surface area contributed by atoms with E-state index in [1.54, 1.807) is 0 Å². The van der Waals surface area contributed by atoms with E-state index in [9.17, 15) is 4.79 Å². The van der Waals surface area contributed by atoms with Gasteiger partial charge in [-0.1, -0.05) is 0 Å². The molecule has 0 aliphatic carbocycles. The molecule has 1 heterocycles. The van der Waals surface area contributed by atoms with Crippen molar-refractivity contribution < 1.29 is 4.79 Å². The van der Waals surface area contributed by atoms with Crippen LogP contribution in [0.4, 0.5) is 0 Å². The van der Waals surface area contributed by atoms with Crippen molar-refractivity contribution >= 4 is 16.8 Å². The number of carbonyl (C=O) groups is 1. The number of pyridine rings is 1. The Hall–Kier alpha value is -1.40. The molecule has 1 aromatic heterocycles. The molecule has 0 atom stereocenters. The molecule has 0 fully saturated rings. The summed E-state index contributed by atoms with van der Waals surface area (Å²) in [4.78, 5) is 14.3. The number of halogens is 1. The van der Waals surface area contributed by atoms with Gasteiger partial charge >= 0.3 is 0 Å². The summed E-state index contributed by atoms with van der Waals surface area (Å²) in [6, 6.07) is 3.22. The van der Waals surface area contributed by atoms with Crippen molar-refractivity contribution in [2.45, 2.75) is 0 Å². The molecule has 0 aliphatic heterocycles. The molecule has 0 radical (unpaired) electrons. The summed E-state index contributed by atoms with van der Waals surface area (Å²) in [7, 11) is 0. The molecular weight excluding hydrogens is 164 g/mol. The first-order valence-electron chi connectivity index (χ1n) is 2.79. The van der Waals surface area contributed by atoms with Crippen molar-refractivity contribution in [2.75, 3.05) is 0 Å². The SMILES string of the molecule is N#Cc1cnccc1C(=O)Cl. The van der Waals surface area contributed by atoms with Crippen LogP contribution in [0.2, 0.25) is 0 Å². The molecule has 1 rings (SSSR count). The molecule has 0 amide bonds. The third kappa shape index (κ3) is 1.54. The minimum Gasteiger partial charge on any atom is -0.276 e. The summed E-state index contributed by atoms with van der Waals surface area (Å²) in [6.07, 6.45) is 2.71. The van der Waals surface area contributed by atoms with Crippen molar-refractivity contribution in [3.05, 3.63) is 29.6 Å². The Morgan fingerprint density at radius 2 is 2.45 bits per heavy atom. The van der Waals surface area contributed by atoms with Crippen LogP contribution in [0.25, 0.3) is 0 Å². The lowest BCUT2D eigenvalue weighted by atomic mass is 10.2. The first kappa shape index (κ1) is 7.70. The molecule has 0 bridgehead atoms. The molecule has 3 nitrogen and oxygen atoms in total. The average Bonchev–Trinajstić information content (AvgIpc) is 2.04. The van der Waals surface area contributed by atoms with Crippen LogP contribution >= 0.6 is 11.6 Å². The minimum atomic E-state index is -0.635. The second-order valence-corrected chi connectivity index (χ2v) is 2.15. The number of carbonyl (C=O) groups excluding carboxylic acids is 1. The summed E-state index contributed by atoms with van der Waals surface area (Å²) < 4.78 is 0. The third-order valence-electron chi connectivity index (χ3n) is 1.15. The highest BCUT2D eigenvalue weighted by atomic mass is 35.5. The number of aromatic nitrogens is 1. The maximum absolute atomic E-state index is 10.6. The van der Waals surface area contributed by atoms with Crippen LogP contribution in [-0.2, 0) is 0 Å². The summed E-state index contributed by atoms with van der Waals surface area (Å²) in [6.45, 7) is 0. The summed E-state index contributed by atoms with van der Waals surface area (Å²) in [5.74, 6) is 0. The van der Waals surface area contributed by atoms with E-state index in [1.807, 2.05) is 6.07 Å². The van der Waals surface area contributed by atoms with Crippen molar-refractivity contribution in [1.29, 1.82) is 5.26 Å². The van der Waals surface area contributed by atoms with Crippen LogP contribution in [0.1, 0.15) is 15.9 Å². The van der Waals surface area contributed by atoms with E-state index in [0.717, 1.165) is 0 Å². The summed E-state index contributed by atoms with van der Waals surface area (Å²) >= 11 is 5.17. The highest BCUT2D eigenvalue weighted by Gasteiger charge is 2.06. The Bertz CT molecular complexity index is 329. The van der Waals surface area contributed by atoms with Gasteiger partial charge in [-0.15, -0.1) is 0 Å². The van der Waals surface area contributed by atoms with Gasteiger partial charge in [-0.05, 0) is 17.7 Å². The van der Waals surface area contributed by atoms with E-state index in [0.29, 0.717) is 0 Å². The lowest BCUT2D eigenvalue weighted by molar-refractivity contribution is 0.108. The van der Waals surface area contributed by atoms with Crippen LogP contribution in [-0.4, -0.2) is 10.2 Å². The molecule has 1 aromatic rings. The van der Waals surface area contributed by atoms with Crippen LogP contribution in [0.3, 0.4) is 0 Å². The number of nitriles is 1. The Labute approximate surface area is 68.2 Å². The maximum Gasteiger partial charge on any atom is 0.253 e. The zero-order chi connectivity index (χ0) is 8.27. The number of nitrogens with zero attached hydrogens (tertiary/aromatic N) is 2. The molecule has 4 heteroatoms. The highest BCUT2D eigenvalue weighted by molar-refractivity contribution is 6.68. The van der Waals surface area contributed by atoms with Gasteiger partial charge in [0.15, 0.2) is 0 Å². The van der Waals surface area contributed by atoms with E-state index in [4.69, 9.17) is 16.9 Å². The van der Waals surface area contributed by atoms with Gasteiger partial charge in [0.05, 0.1) is 11.1 Å². The molecule has 0 spiro atoms. The number of rotatable bonds is 1. The molecule has 0 saturated carbocycles. The molecule has 0 aromatic carbocycles. The fourth-order valence-corrected chi connectivity index (χ4v) is 0.820. The van der Waals surface area contributed by atoms with Crippen molar-refractivity contribution in [2.24, 2.45) is 0 Å². The summed E-state index contributed by atoms with van der Waals surface area (Å²) in [5.41, 5.74) is 0.400. The van der Waals surface area contributed by atoms with E-state index in [-0.39, 0.29) is 11.1 Å². The molecule has 54 valence electrons. The van der Waals surface area contributed by atoms with Gasteiger partial charge in [-0.3, -0.25) is 9.78 Å². The molecule has 11 heavy (non-hydrogen) atoms. The van der Waals surface area contributed by atoms with Gasteiger partial charge < -0.3 is 0 Å². The predicted octanol–water partition coefficient (Wildman–Crippen LogP) is 1.33. The quantitative estimate of drug-likeness (QED) is 0.592. The standard InChI is InChI=1S/C7H3ClN2O/c8-7(11)6-1-2-10-4-5(6)3-9/h1-2,4H. The van der Waals surface area contributed by atoms with E-state index in [2.05, 4.69) is 4.98 Å². The van der Waals surface area contributed by atoms with Crippen molar-refractivity contribution in [3.8, 4) is 6.07 Å². The second kappa shape index (κ2) is 3.13. The van der Waals surface area contributed by atoms with Gasteiger partial charge in [0.1, 0.15) is 6.07 Å². The largest absolute Gasteiger partial charge is 0.276 e. The normalized spacial score (nSPS) is 8.73.